The number of halogens is 4. The first-order chi connectivity index (χ1) is 13.2. The number of carbonyl (C=O) groups excluding carboxylic acids is 1. The third kappa shape index (κ3) is 3.25. The fourth-order valence-electron chi connectivity index (χ4n) is 2.49. The summed E-state index contributed by atoms with van der Waals surface area (Å²) < 4.78 is 44.1. The Hall–Kier alpha value is -2.85. The van der Waals surface area contributed by atoms with Crippen LogP contribution in [0.1, 0.15) is 5.76 Å². The lowest BCUT2D eigenvalue weighted by atomic mass is 10.1. The van der Waals surface area contributed by atoms with E-state index >= 15 is 0 Å². The molecule has 2 aliphatic heterocycles. The van der Waals surface area contributed by atoms with Gasteiger partial charge in [0.2, 0.25) is 10.2 Å². The van der Waals surface area contributed by atoms with Crippen molar-refractivity contribution < 1.29 is 22.4 Å². The van der Waals surface area contributed by atoms with E-state index in [2.05, 4.69) is 10.1 Å². The summed E-state index contributed by atoms with van der Waals surface area (Å²) in [5.74, 6) is -0.713. The molecule has 0 unspecified atom stereocenters. The van der Waals surface area contributed by atoms with Crippen LogP contribution in [0.15, 0.2) is 56.5 Å². The van der Waals surface area contributed by atoms with Crippen molar-refractivity contribution in [3.63, 3.8) is 0 Å². The summed E-state index contributed by atoms with van der Waals surface area (Å²) in [6.45, 7) is 0. The van der Waals surface area contributed by atoms with Gasteiger partial charge >= 0.3 is 6.18 Å². The van der Waals surface area contributed by atoms with E-state index in [1.807, 2.05) is 0 Å². The van der Waals surface area contributed by atoms with Gasteiger partial charge in [0.1, 0.15) is 11.5 Å². The molecule has 2 aliphatic rings. The lowest BCUT2D eigenvalue weighted by molar-refractivity contribution is -0.114. The number of aliphatic imine (C=N–C) groups is 1. The van der Waals surface area contributed by atoms with Gasteiger partial charge in [0.05, 0.1) is 10.6 Å². The molecule has 142 valence electrons. The van der Waals surface area contributed by atoms with Crippen molar-refractivity contribution in [2.45, 2.75) is 6.18 Å². The molecule has 0 bridgehead atoms. The molecular weight excluding hydrogens is 417 g/mol. The average molecular weight is 425 g/mol. The number of hydrogen-bond acceptors (Lipinski definition) is 5. The van der Waals surface area contributed by atoms with Crippen LogP contribution in [0.25, 0.3) is 17.4 Å². The van der Waals surface area contributed by atoms with Crippen LogP contribution < -0.4 is 0 Å². The highest BCUT2D eigenvalue weighted by molar-refractivity contribution is 8.27. The highest BCUT2D eigenvalue weighted by atomic mass is 35.5. The number of furan rings is 1. The first-order valence-corrected chi connectivity index (χ1v) is 8.85. The number of hydrogen-bond donors (Lipinski definition) is 1. The Kier molecular flexibility index (Phi) is 4.39. The summed E-state index contributed by atoms with van der Waals surface area (Å²) in [5, 5.41) is 11.0. The number of thioether (sulfide) groups is 1. The first-order valence-electron chi connectivity index (χ1n) is 7.66. The Morgan fingerprint density at radius 3 is 2.68 bits per heavy atom. The fraction of sp³-hybridized carbons (Fsp3) is 0.0588. The Balaban J connectivity index is 1.67. The summed E-state index contributed by atoms with van der Waals surface area (Å²) in [5.41, 5.74) is 0.395. The number of benzene rings is 1. The zero-order chi connectivity index (χ0) is 20.1. The topological polar surface area (TPSA) is 82.0 Å². The summed E-state index contributed by atoms with van der Waals surface area (Å²) >= 11 is 6.31. The second-order valence-electron chi connectivity index (χ2n) is 5.60. The molecule has 28 heavy (non-hydrogen) atoms. The SMILES string of the molecule is N=C1/C(=C\c2ccc(-c3ccccc3Cl)o2)C(=O)N=C2SC(C(F)(F)F)=NN12. The van der Waals surface area contributed by atoms with E-state index in [0.29, 0.717) is 21.4 Å². The molecular formula is C17H8ClF3N4O2S. The van der Waals surface area contributed by atoms with E-state index in [1.165, 1.54) is 6.08 Å². The van der Waals surface area contributed by atoms with Crippen LogP contribution in [0.4, 0.5) is 13.2 Å². The Labute approximate surface area is 164 Å². The molecule has 0 saturated carbocycles. The Morgan fingerprint density at radius 2 is 1.96 bits per heavy atom. The third-order valence-corrected chi connectivity index (χ3v) is 5.03. The molecule has 0 spiro atoms. The molecule has 0 radical (unpaired) electrons. The van der Waals surface area contributed by atoms with Gasteiger partial charge in [0.15, 0.2) is 5.84 Å². The van der Waals surface area contributed by atoms with Crippen molar-refractivity contribution >= 4 is 51.4 Å². The molecule has 1 aromatic heterocycles. The number of hydrazone groups is 1. The molecule has 0 atom stereocenters. The van der Waals surface area contributed by atoms with Gasteiger partial charge in [-0.15, -0.1) is 0 Å². The number of carbonyl (C=O) groups is 1. The maximum absolute atomic E-state index is 12.8. The van der Waals surface area contributed by atoms with Crippen molar-refractivity contribution in [2.24, 2.45) is 10.1 Å². The van der Waals surface area contributed by atoms with Gasteiger partial charge in [-0.3, -0.25) is 10.2 Å². The summed E-state index contributed by atoms with van der Waals surface area (Å²) in [4.78, 5) is 15.8. The summed E-state index contributed by atoms with van der Waals surface area (Å²) in [7, 11) is 0. The van der Waals surface area contributed by atoms with E-state index in [1.54, 1.807) is 36.4 Å². The normalized spacial score (nSPS) is 18.4. The predicted octanol–water partition coefficient (Wildman–Crippen LogP) is 4.78. The number of amides is 1. The monoisotopic (exact) mass is 424 g/mol. The molecule has 1 aromatic carbocycles. The summed E-state index contributed by atoms with van der Waals surface area (Å²) in [6, 6.07) is 10.2. The lowest BCUT2D eigenvalue weighted by Gasteiger charge is -2.19. The standard InChI is InChI=1S/C17H8ClF3N4O2S/c18-11-4-2-1-3-9(11)12-6-5-8(27-12)7-10-13(22)25-16(23-14(10)26)28-15(24-25)17(19,20)21/h1-7,22H/b10-7+,22-13?. The second kappa shape index (κ2) is 6.64. The van der Waals surface area contributed by atoms with Crippen molar-refractivity contribution in [1.29, 1.82) is 5.41 Å². The maximum Gasteiger partial charge on any atom is 0.441 e. The van der Waals surface area contributed by atoms with Gasteiger partial charge in [-0.1, -0.05) is 23.7 Å². The van der Waals surface area contributed by atoms with Gasteiger partial charge in [-0.05, 0) is 42.1 Å². The second-order valence-corrected chi connectivity index (χ2v) is 6.97. The molecule has 3 heterocycles. The minimum atomic E-state index is -4.69. The van der Waals surface area contributed by atoms with Gasteiger partial charge < -0.3 is 4.42 Å². The minimum absolute atomic E-state index is 0.194. The van der Waals surface area contributed by atoms with E-state index in [4.69, 9.17) is 21.4 Å². The van der Waals surface area contributed by atoms with Crippen LogP contribution in [0, 0.1) is 5.41 Å². The first kappa shape index (κ1) is 18.5. The minimum Gasteiger partial charge on any atom is -0.457 e. The lowest BCUT2D eigenvalue weighted by Crippen LogP contribution is -2.35. The van der Waals surface area contributed by atoms with Crippen LogP contribution >= 0.6 is 23.4 Å². The average Bonchev–Trinajstić information content (AvgIpc) is 3.26. The van der Waals surface area contributed by atoms with Crippen molar-refractivity contribution in [1.82, 2.24) is 5.01 Å². The zero-order valence-corrected chi connectivity index (χ0v) is 15.2. The van der Waals surface area contributed by atoms with Gasteiger partial charge in [0.25, 0.3) is 5.91 Å². The van der Waals surface area contributed by atoms with E-state index in [9.17, 15) is 18.0 Å². The van der Waals surface area contributed by atoms with Crippen LogP contribution in [0.3, 0.4) is 0 Å². The number of nitrogens with one attached hydrogen (secondary N) is 1. The van der Waals surface area contributed by atoms with Gasteiger partial charge in [-0.25, -0.2) is 0 Å². The molecule has 1 amide bonds. The molecule has 1 N–H and O–H groups in total. The molecule has 0 fully saturated rings. The fourth-order valence-corrected chi connectivity index (χ4v) is 3.47. The van der Waals surface area contributed by atoms with E-state index < -0.39 is 23.0 Å². The van der Waals surface area contributed by atoms with Gasteiger partial charge in [0, 0.05) is 5.56 Å². The smallest absolute Gasteiger partial charge is 0.441 e. The van der Waals surface area contributed by atoms with Crippen molar-refractivity contribution in [2.75, 3.05) is 0 Å². The number of rotatable bonds is 2. The van der Waals surface area contributed by atoms with E-state index in [-0.39, 0.29) is 28.3 Å². The molecule has 6 nitrogen and oxygen atoms in total. The van der Waals surface area contributed by atoms with Crippen LogP contribution in [0.2, 0.25) is 5.02 Å². The van der Waals surface area contributed by atoms with E-state index in [0.717, 1.165) is 0 Å². The highest BCUT2D eigenvalue weighted by Gasteiger charge is 2.46. The molecule has 11 heteroatoms. The zero-order valence-electron chi connectivity index (χ0n) is 13.6. The number of alkyl halides is 3. The molecule has 0 aliphatic carbocycles. The number of fused-ring (bicyclic) bond motifs is 1. The quantitative estimate of drug-likeness (QED) is 0.703. The van der Waals surface area contributed by atoms with Crippen molar-refractivity contribution in [3.05, 3.63) is 52.8 Å². The van der Waals surface area contributed by atoms with Gasteiger partial charge in [-0.2, -0.15) is 28.3 Å². The maximum atomic E-state index is 12.8. The Bertz CT molecular complexity index is 1100. The predicted molar refractivity (Wildman–Crippen MR) is 100 cm³/mol. The molecule has 0 saturated heterocycles. The number of nitrogens with zero attached hydrogens (tertiary/aromatic N) is 3. The summed E-state index contributed by atoms with van der Waals surface area (Å²) in [6.07, 6.45) is -3.46. The molecule has 2 aromatic rings. The third-order valence-electron chi connectivity index (χ3n) is 3.75. The molecule has 4 rings (SSSR count). The van der Waals surface area contributed by atoms with Crippen molar-refractivity contribution in [3.8, 4) is 11.3 Å². The van der Waals surface area contributed by atoms with Crippen LogP contribution in [-0.2, 0) is 4.79 Å². The largest absolute Gasteiger partial charge is 0.457 e. The number of amidine groups is 2. The van der Waals surface area contributed by atoms with Crippen LogP contribution in [0.5, 0.6) is 0 Å². The Morgan fingerprint density at radius 1 is 1.21 bits per heavy atom. The van der Waals surface area contributed by atoms with Crippen LogP contribution in [-0.4, -0.2) is 33.1 Å². The highest BCUT2D eigenvalue weighted by Crippen LogP contribution is 2.35.